The van der Waals surface area contributed by atoms with Gasteiger partial charge in [-0.3, -0.25) is 14.4 Å². The predicted octanol–water partition coefficient (Wildman–Crippen LogP) is 4.73. The summed E-state index contributed by atoms with van der Waals surface area (Å²) in [5.74, 6) is -3.03. The highest BCUT2D eigenvalue weighted by molar-refractivity contribution is 6.14. The molecule has 0 unspecified atom stereocenters. The zero-order chi connectivity index (χ0) is 30.0. The van der Waals surface area contributed by atoms with Crippen molar-refractivity contribution in [2.75, 3.05) is 19.0 Å². The lowest BCUT2D eigenvalue weighted by Gasteiger charge is -2.53. The molecule has 0 bridgehead atoms. The monoisotopic (exact) mass is 571 g/mol. The summed E-state index contributed by atoms with van der Waals surface area (Å²) in [5.41, 5.74) is -0.721. The van der Waals surface area contributed by atoms with Crippen LogP contribution in [-0.2, 0) is 33.4 Å². The Morgan fingerprint density at radius 3 is 2.62 bits per heavy atom. The molecule has 0 amide bonds. The Labute approximate surface area is 243 Å². The third kappa shape index (κ3) is 3.94. The van der Waals surface area contributed by atoms with Crippen LogP contribution in [0.4, 0.5) is 5.69 Å². The quantitative estimate of drug-likeness (QED) is 0.387. The number of cyclic esters (lactones) is 1. The molecule has 2 N–H and O–H groups in total. The first-order valence-corrected chi connectivity index (χ1v) is 14.1. The number of ketones is 2. The van der Waals surface area contributed by atoms with Crippen LogP contribution >= 0.6 is 0 Å². The van der Waals surface area contributed by atoms with Crippen molar-refractivity contribution in [3.63, 3.8) is 0 Å². The lowest BCUT2D eigenvalue weighted by Crippen LogP contribution is -2.57. The third-order valence-corrected chi connectivity index (χ3v) is 9.58. The summed E-state index contributed by atoms with van der Waals surface area (Å²) in [6, 6.07) is 13.5. The number of allylic oxidation sites excluding steroid dienone is 1. The average Bonchev–Trinajstić information content (AvgIpc) is 3.25. The molecule has 9 heteroatoms. The molecule has 0 spiro atoms. The van der Waals surface area contributed by atoms with E-state index in [1.54, 1.807) is 13.8 Å². The number of carbonyl (C=O) groups excluding carboxylic acids is 4. The molecule has 1 saturated carbocycles. The minimum atomic E-state index is -1.30. The number of methoxy groups -OCH3 is 1. The van der Waals surface area contributed by atoms with Gasteiger partial charge in [0.2, 0.25) is 5.78 Å². The fourth-order valence-corrected chi connectivity index (χ4v) is 7.60. The lowest BCUT2D eigenvalue weighted by molar-refractivity contribution is -0.160. The van der Waals surface area contributed by atoms with Gasteiger partial charge in [-0.15, -0.1) is 0 Å². The molecule has 1 aliphatic heterocycles. The van der Waals surface area contributed by atoms with E-state index in [4.69, 9.17) is 14.2 Å². The van der Waals surface area contributed by atoms with E-state index < -0.39 is 52.4 Å². The summed E-state index contributed by atoms with van der Waals surface area (Å²) in [5, 5.41) is 16.7. The van der Waals surface area contributed by atoms with Gasteiger partial charge >= 0.3 is 11.9 Å². The van der Waals surface area contributed by atoms with Crippen LogP contribution in [0.15, 0.2) is 76.7 Å². The van der Waals surface area contributed by atoms with Gasteiger partial charge in [-0.25, -0.2) is 4.79 Å². The molecule has 2 aromatic carbocycles. The number of hydrogen-bond donors (Lipinski definition) is 2. The first kappa shape index (κ1) is 27.9. The molecule has 2 fully saturated rings. The van der Waals surface area contributed by atoms with E-state index in [1.807, 2.05) is 42.5 Å². The highest BCUT2D eigenvalue weighted by Gasteiger charge is 2.64. The normalized spacial score (nSPS) is 31.6. The number of anilines is 1. The first-order valence-electron chi connectivity index (χ1n) is 14.1. The first-order chi connectivity index (χ1) is 20.0. The summed E-state index contributed by atoms with van der Waals surface area (Å²) in [7, 11) is 1.47. The Bertz CT molecular complexity index is 1640. The van der Waals surface area contributed by atoms with Crippen LogP contribution in [0.1, 0.15) is 40.0 Å². The van der Waals surface area contributed by atoms with Gasteiger partial charge in [-0.1, -0.05) is 43.3 Å². The van der Waals surface area contributed by atoms with Crippen molar-refractivity contribution >= 4 is 40.0 Å². The number of esters is 2. The molecule has 1 saturated heterocycles. The van der Waals surface area contributed by atoms with Crippen LogP contribution in [0.2, 0.25) is 0 Å². The molecule has 3 aliphatic carbocycles. The SMILES string of the molecule is COC[C@H]1OC(=O)/C(=C\Nc2cccc3ccccc23)C2=C(O)C(=O)C3=C([C@H](OC(C)=O)C[C@]4(C)C(=O)CC[C@@H]34)[C@]21C. The molecule has 5 atom stereocenters. The minimum absolute atomic E-state index is 0.00759. The zero-order valence-corrected chi connectivity index (χ0v) is 24.0. The number of hydrogen-bond acceptors (Lipinski definition) is 9. The van der Waals surface area contributed by atoms with Crippen molar-refractivity contribution < 1.29 is 38.5 Å². The van der Waals surface area contributed by atoms with Crippen LogP contribution in [0.3, 0.4) is 0 Å². The molecule has 2 aromatic rings. The molecule has 9 nitrogen and oxygen atoms in total. The van der Waals surface area contributed by atoms with Crippen LogP contribution < -0.4 is 5.32 Å². The predicted molar refractivity (Wildman–Crippen MR) is 153 cm³/mol. The average molecular weight is 572 g/mol. The second-order valence-corrected chi connectivity index (χ2v) is 11.9. The Kier molecular flexibility index (Phi) is 6.61. The largest absolute Gasteiger partial charge is 0.504 e. The minimum Gasteiger partial charge on any atom is -0.504 e. The van der Waals surface area contributed by atoms with Crippen LogP contribution in [0.25, 0.3) is 10.8 Å². The third-order valence-electron chi connectivity index (χ3n) is 9.58. The van der Waals surface area contributed by atoms with E-state index in [2.05, 4.69) is 5.32 Å². The van der Waals surface area contributed by atoms with Gasteiger partial charge in [0.1, 0.15) is 18.0 Å². The maximum Gasteiger partial charge on any atom is 0.340 e. The molecular formula is C33H33NO8. The number of carbonyl (C=O) groups is 4. The maximum absolute atomic E-state index is 14.1. The van der Waals surface area contributed by atoms with E-state index in [0.717, 1.165) is 10.8 Å². The molecule has 42 heavy (non-hydrogen) atoms. The van der Waals surface area contributed by atoms with Gasteiger partial charge < -0.3 is 24.6 Å². The lowest BCUT2D eigenvalue weighted by atomic mass is 9.53. The Hall–Kier alpha value is -4.24. The highest BCUT2D eigenvalue weighted by atomic mass is 16.6. The smallest absolute Gasteiger partial charge is 0.340 e. The summed E-state index contributed by atoms with van der Waals surface area (Å²) in [6.07, 6.45) is 0.463. The summed E-state index contributed by atoms with van der Waals surface area (Å²) >= 11 is 0. The second kappa shape index (κ2) is 9.94. The van der Waals surface area contributed by atoms with Crippen LogP contribution in [-0.4, -0.2) is 54.5 Å². The van der Waals surface area contributed by atoms with E-state index in [9.17, 15) is 24.3 Å². The molecule has 4 aliphatic rings. The van der Waals surface area contributed by atoms with Gasteiger partial charge in [0.25, 0.3) is 0 Å². The van der Waals surface area contributed by atoms with E-state index in [-0.39, 0.29) is 42.0 Å². The van der Waals surface area contributed by atoms with Crippen LogP contribution in [0, 0.1) is 16.7 Å². The molecule has 1 heterocycles. The van der Waals surface area contributed by atoms with Gasteiger partial charge in [0.15, 0.2) is 5.76 Å². The Morgan fingerprint density at radius 2 is 1.88 bits per heavy atom. The molecular weight excluding hydrogens is 538 g/mol. The fourth-order valence-electron chi connectivity index (χ4n) is 7.60. The zero-order valence-electron chi connectivity index (χ0n) is 24.0. The number of ether oxygens (including phenoxy) is 3. The highest BCUT2D eigenvalue weighted by Crippen LogP contribution is 2.62. The van der Waals surface area contributed by atoms with Crippen molar-refractivity contribution in [3.05, 3.63) is 76.7 Å². The van der Waals surface area contributed by atoms with Crippen molar-refractivity contribution in [1.82, 2.24) is 0 Å². The Morgan fingerprint density at radius 1 is 1.14 bits per heavy atom. The topological polar surface area (TPSA) is 128 Å². The number of Topliss-reactive ketones (excluding diaryl/α,β-unsaturated/α-hetero) is 2. The van der Waals surface area contributed by atoms with E-state index >= 15 is 0 Å². The second-order valence-electron chi connectivity index (χ2n) is 11.9. The molecule has 218 valence electrons. The number of benzene rings is 2. The maximum atomic E-state index is 14.1. The molecule has 0 aromatic heterocycles. The molecule has 0 radical (unpaired) electrons. The van der Waals surface area contributed by atoms with E-state index in [0.29, 0.717) is 17.7 Å². The van der Waals surface area contributed by atoms with E-state index in [1.165, 1.54) is 20.2 Å². The summed E-state index contributed by atoms with van der Waals surface area (Å²) in [6.45, 7) is 4.81. The van der Waals surface area contributed by atoms with Gasteiger partial charge in [-0.05, 0) is 30.4 Å². The van der Waals surface area contributed by atoms with Gasteiger partial charge in [0.05, 0.1) is 17.6 Å². The molecule has 6 rings (SSSR count). The van der Waals surface area contributed by atoms with Gasteiger partial charge in [0, 0.05) is 66.6 Å². The number of rotatable bonds is 5. The number of aliphatic hydroxyl groups excluding tert-OH is 1. The fraction of sp³-hybridized carbons (Fsp3) is 0.394. The number of nitrogens with one attached hydrogen (secondary N) is 1. The Balaban J connectivity index is 1.55. The van der Waals surface area contributed by atoms with Crippen molar-refractivity contribution in [2.45, 2.75) is 52.2 Å². The number of fused-ring (bicyclic) bond motifs is 5. The summed E-state index contributed by atoms with van der Waals surface area (Å²) in [4.78, 5) is 53.1. The van der Waals surface area contributed by atoms with Crippen molar-refractivity contribution in [2.24, 2.45) is 16.7 Å². The standard InChI is InChI=1S/C33H33NO8/c1-17(35)41-23-14-32(2)21(12-13-24(32)36)26-28(23)33(3)25(16-40-4)42-31(39)20(27(33)30(38)29(26)37)15-34-22-11-7-9-18-8-5-6-10-19(18)22/h5-11,15,21,23,25,34,38H,12-14,16H2,1-4H3/b20-15-/t21-,23+,25+,32-,33-/m0/s1. The van der Waals surface area contributed by atoms with Crippen LogP contribution in [0.5, 0.6) is 0 Å². The van der Waals surface area contributed by atoms with Gasteiger partial charge in [-0.2, -0.15) is 0 Å². The van der Waals surface area contributed by atoms with Crippen molar-refractivity contribution in [3.8, 4) is 0 Å². The van der Waals surface area contributed by atoms with Crippen molar-refractivity contribution in [1.29, 1.82) is 0 Å². The summed E-state index contributed by atoms with van der Waals surface area (Å²) < 4.78 is 17.2. The number of aliphatic hydroxyl groups is 1.